The van der Waals surface area contributed by atoms with Crippen LogP contribution in [0.15, 0.2) is 30.3 Å². The molecule has 122 valence electrons. The molecule has 0 bridgehead atoms. The summed E-state index contributed by atoms with van der Waals surface area (Å²) >= 11 is 0. The molecule has 2 heterocycles. The maximum Gasteiger partial charge on any atom is 0.282 e. The van der Waals surface area contributed by atoms with Crippen molar-refractivity contribution in [3.05, 3.63) is 35.9 Å². The van der Waals surface area contributed by atoms with Gasteiger partial charge in [-0.25, -0.2) is 0 Å². The number of hydrogen-bond donors (Lipinski definition) is 0. The maximum atomic E-state index is 13.0. The molecule has 2 aliphatic heterocycles. The Labute approximate surface area is 133 Å². The molecule has 0 N–H and O–H groups in total. The largest absolute Gasteiger partial charge is 0.379 e. The fourth-order valence-electron chi connectivity index (χ4n) is 3.71. The van der Waals surface area contributed by atoms with Crippen molar-refractivity contribution in [1.29, 1.82) is 0 Å². The molecule has 0 spiro atoms. The van der Waals surface area contributed by atoms with E-state index in [1.165, 1.54) is 5.56 Å². The molecular formula is C16H24N2O3S. The summed E-state index contributed by atoms with van der Waals surface area (Å²) in [4.78, 5) is 0. The predicted octanol–water partition coefficient (Wildman–Crippen LogP) is 1.83. The summed E-state index contributed by atoms with van der Waals surface area (Å²) in [5.41, 5.74) is 1.22. The van der Waals surface area contributed by atoms with Gasteiger partial charge >= 0.3 is 0 Å². The lowest BCUT2D eigenvalue weighted by Crippen LogP contribution is -2.51. The third kappa shape index (κ3) is 2.80. The van der Waals surface area contributed by atoms with Crippen LogP contribution in [0.4, 0.5) is 0 Å². The summed E-state index contributed by atoms with van der Waals surface area (Å²) in [5.74, 6) is 0.256. The van der Waals surface area contributed by atoms with Gasteiger partial charge in [0.1, 0.15) is 0 Å². The van der Waals surface area contributed by atoms with Gasteiger partial charge in [-0.15, -0.1) is 0 Å². The highest BCUT2D eigenvalue weighted by Crippen LogP contribution is 2.39. The van der Waals surface area contributed by atoms with E-state index < -0.39 is 10.2 Å². The summed E-state index contributed by atoms with van der Waals surface area (Å²) in [5, 5.41) is 0. The Kier molecular flexibility index (Phi) is 4.54. The van der Waals surface area contributed by atoms with Gasteiger partial charge in [-0.1, -0.05) is 30.3 Å². The molecule has 22 heavy (non-hydrogen) atoms. The number of ether oxygens (including phenoxy) is 1. The first kappa shape index (κ1) is 15.9. The second kappa shape index (κ2) is 6.28. The van der Waals surface area contributed by atoms with Crippen LogP contribution in [0.3, 0.4) is 0 Å². The lowest BCUT2D eigenvalue weighted by Gasteiger charge is -2.34. The first-order valence-electron chi connectivity index (χ1n) is 7.93. The minimum absolute atomic E-state index is 0.0213. The first-order valence-corrected chi connectivity index (χ1v) is 9.33. The molecule has 1 aromatic rings. The Morgan fingerprint density at radius 2 is 1.73 bits per heavy atom. The summed E-state index contributed by atoms with van der Waals surface area (Å²) in [6, 6.07) is 10.2. The molecule has 2 fully saturated rings. The summed E-state index contributed by atoms with van der Waals surface area (Å²) < 4.78 is 34.5. The molecule has 0 radical (unpaired) electrons. The lowest BCUT2D eigenvalue weighted by atomic mass is 9.92. The topological polar surface area (TPSA) is 49.9 Å². The molecule has 0 aromatic heterocycles. The van der Waals surface area contributed by atoms with Crippen molar-refractivity contribution in [2.45, 2.75) is 38.3 Å². The molecular weight excluding hydrogens is 300 g/mol. The van der Waals surface area contributed by atoms with Gasteiger partial charge in [-0.05, 0) is 25.8 Å². The van der Waals surface area contributed by atoms with E-state index in [-0.39, 0.29) is 18.0 Å². The van der Waals surface area contributed by atoms with Crippen molar-refractivity contribution in [3.63, 3.8) is 0 Å². The zero-order chi connectivity index (χ0) is 15.7. The molecule has 2 aliphatic rings. The minimum Gasteiger partial charge on any atom is -0.379 e. The Hall–Kier alpha value is -0.950. The van der Waals surface area contributed by atoms with Crippen molar-refractivity contribution in [1.82, 2.24) is 8.61 Å². The van der Waals surface area contributed by atoms with Crippen molar-refractivity contribution < 1.29 is 13.2 Å². The second-order valence-corrected chi connectivity index (χ2v) is 8.03. The van der Waals surface area contributed by atoms with Crippen LogP contribution in [-0.2, 0) is 14.9 Å². The van der Waals surface area contributed by atoms with Crippen LogP contribution in [0.25, 0.3) is 0 Å². The fraction of sp³-hybridized carbons (Fsp3) is 0.625. The molecule has 3 rings (SSSR count). The van der Waals surface area contributed by atoms with Crippen LogP contribution in [0.1, 0.15) is 31.7 Å². The minimum atomic E-state index is -3.41. The summed E-state index contributed by atoms with van der Waals surface area (Å²) in [7, 11) is -3.41. The zero-order valence-electron chi connectivity index (χ0n) is 13.2. The van der Waals surface area contributed by atoms with Crippen LogP contribution in [-0.4, -0.2) is 55.4 Å². The SMILES string of the molecule is C[C@@H]1C[C@@H](c2ccccc2)[C@@H](C)N1S(=O)(=O)N1CCOCC1. The average molecular weight is 324 g/mol. The van der Waals surface area contributed by atoms with Gasteiger partial charge in [0.2, 0.25) is 0 Å². The molecule has 2 saturated heterocycles. The van der Waals surface area contributed by atoms with Gasteiger partial charge in [-0.2, -0.15) is 17.0 Å². The number of morpholine rings is 1. The van der Waals surface area contributed by atoms with Crippen molar-refractivity contribution in [2.24, 2.45) is 0 Å². The second-order valence-electron chi connectivity index (χ2n) is 6.19. The van der Waals surface area contributed by atoms with Gasteiger partial charge in [-0.3, -0.25) is 0 Å². The normalized spacial score (nSPS) is 31.5. The van der Waals surface area contributed by atoms with Crippen molar-refractivity contribution in [2.75, 3.05) is 26.3 Å². The molecule has 0 saturated carbocycles. The molecule has 0 unspecified atom stereocenters. The Morgan fingerprint density at radius 1 is 1.09 bits per heavy atom. The van der Waals surface area contributed by atoms with E-state index in [1.54, 1.807) is 8.61 Å². The quantitative estimate of drug-likeness (QED) is 0.852. The molecule has 6 heteroatoms. The van der Waals surface area contributed by atoms with Gasteiger partial charge in [0, 0.05) is 31.1 Å². The average Bonchev–Trinajstić information content (AvgIpc) is 2.84. The Bertz CT molecular complexity index is 599. The smallest absolute Gasteiger partial charge is 0.282 e. The molecule has 5 nitrogen and oxygen atoms in total. The Balaban J connectivity index is 1.85. The molecule has 0 aliphatic carbocycles. The highest BCUT2D eigenvalue weighted by atomic mass is 32.2. The van der Waals surface area contributed by atoms with E-state index >= 15 is 0 Å². The van der Waals surface area contributed by atoms with Crippen LogP contribution >= 0.6 is 0 Å². The zero-order valence-corrected chi connectivity index (χ0v) is 14.0. The van der Waals surface area contributed by atoms with Gasteiger partial charge < -0.3 is 4.74 Å². The lowest BCUT2D eigenvalue weighted by molar-refractivity contribution is 0.0692. The fourth-order valence-corrected chi connectivity index (χ4v) is 5.70. The van der Waals surface area contributed by atoms with Crippen LogP contribution < -0.4 is 0 Å². The van der Waals surface area contributed by atoms with E-state index in [0.29, 0.717) is 26.3 Å². The van der Waals surface area contributed by atoms with E-state index in [4.69, 9.17) is 4.74 Å². The monoisotopic (exact) mass is 324 g/mol. The van der Waals surface area contributed by atoms with Gasteiger partial charge in [0.05, 0.1) is 13.2 Å². The number of nitrogens with zero attached hydrogens (tertiary/aromatic N) is 2. The Morgan fingerprint density at radius 3 is 2.36 bits per heavy atom. The molecule has 0 amide bonds. The number of hydrogen-bond acceptors (Lipinski definition) is 3. The maximum absolute atomic E-state index is 13.0. The standard InChI is InChI=1S/C16H24N2O3S/c1-13-12-16(15-6-4-3-5-7-15)14(2)18(13)22(19,20)17-8-10-21-11-9-17/h3-7,13-14,16H,8-12H2,1-2H3/t13-,14-,16-/m1/s1. The highest BCUT2D eigenvalue weighted by molar-refractivity contribution is 7.86. The number of rotatable bonds is 3. The first-order chi connectivity index (χ1) is 10.5. The van der Waals surface area contributed by atoms with E-state index in [9.17, 15) is 8.42 Å². The van der Waals surface area contributed by atoms with Crippen LogP contribution in [0.2, 0.25) is 0 Å². The summed E-state index contributed by atoms with van der Waals surface area (Å²) in [6.07, 6.45) is 0.870. The highest BCUT2D eigenvalue weighted by Gasteiger charge is 2.45. The third-order valence-corrected chi connectivity index (χ3v) is 7.05. The van der Waals surface area contributed by atoms with Crippen LogP contribution in [0, 0.1) is 0 Å². The van der Waals surface area contributed by atoms with Crippen LogP contribution in [0.5, 0.6) is 0 Å². The van der Waals surface area contributed by atoms with Gasteiger partial charge in [0.25, 0.3) is 10.2 Å². The van der Waals surface area contributed by atoms with Crippen molar-refractivity contribution >= 4 is 10.2 Å². The van der Waals surface area contributed by atoms with Crippen molar-refractivity contribution in [3.8, 4) is 0 Å². The van der Waals surface area contributed by atoms with E-state index in [1.807, 2.05) is 32.0 Å². The van der Waals surface area contributed by atoms with E-state index in [2.05, 4.69) is 12.1 Å². The molecule has 1 aromatic carbocycles. The third-order valence-electron chi connectivity index (χ3n) is 4.80. The predicted molar refractivity (Wildman–Crippen MR) is 85.9 cm³/mol. The van der Waals surface area contributed by atoms with E-state index in [0.717, 1.165) is 6.42 Å². The van der Waals surface area contributed by atoms with Gasteiger partial charge in [0.15, 0.2) is 0 Å². The number of benzene rings is 1. The molecule has 3 atom stereocenters. The summed E-state index contributed by atoms with van der Waals surface area (Å²) in [6.45, 7) is 5.91.